The SMILES string of the molecule is C=CCC(C#N)(CCN1C(C)CCCC1C)c1cccs1. The highest BCUT2D eigenvalue weighted by molar-refractivity contribution is 7.10. The third-order valence-electron chi connectivity index (χ3n) is 4.87. The van der Waals surface area contributed by atoms with Crippen molar-refractivity contribution in [1.29, 1.82) is 5.26 Å². The average Bonchev–Trinajstić information content (AvgIpc) is 3.00. The topological polar surface area (TPSA) is 27.0 Å². The smallest absolute Gasteiger partial charge is 0.0960 e. The van der Waals surface area contributed by atoms with E-state index in [2.05, 4.69) is 42.8 Å². The number of hydrogen-bond donors (Lipinski definition) is 0. The summed E-state index contributed by atoms with van der Waals surface area (Å²) < 4.78 is 0. The van der Waals surface area contributed by atoms with E-state index in [9.17, 15) is 5.26 Å². The highest BCUT2D eigenvalue weighted by atomic mass is 32.1. The molecule has 1 saturated heterocycles. The molecule has 0 saturated carbocycles. The van der Waals surface area contributed by atoms with E-state index in [4.69, 9.17) is 0 Å². The van der Waals surface area contributed by atoms with Crippen molar-refractivity contribution in [2.24, 2.45) is 0 Å². The number of likely N-dealkylation sites (tertiary alicyclic amines) is 1. The molecule has 0 radical (unpaired) electrons. The summed E-state index contributed by atoms with van der Waals surface area (Å²) in [7, 11) is 0. The number of allylic oxidation sites excluding steroid dienone is 1. The van der Waals surface area contributed by atoms with Crippen LogP contribution in [0, 0.1) is 11.3 Å². The zero-order valence-corrected chi connectivity index (χ0v) is 14.0. The highest BCUT2D eigenvalue weighted by Gasteiger charge is 2.34. The lowest BCUT2D eigenvalue weighted by Gasteiger charge is -2.40. The molecule has 0 spiro atoms. The summed E-state index contributed by atoms with van der Waals surface area (Å²) >= 11 is 1.69. The van der Waals surface area contributed by atoms with Gasteiger partial charge >= 0.3 is 0 Å². The van der Waals surface area contributed by atoms with Crippen LogP contribution >= 0.6 is 11.3 Å². The largest absolute Gasteiger partial charge is 0.298 e. The first-order valence-electron chi connectivity index (χ1n) is 7.95. The van der Waals surface area contributed by atoms with Crippen LogP contribution in [0.25, 0.3) is 0 Å². The first-order chi connectivity index (χ1) is 10.1. The van der Waals surface area contributed by atoms with Crippen LogP contribution in [0.3, 0.4) is 0 Å². The van der Waals surface area contributed by atoms with Gasteiger partial charge in [-0.25, -0.2) is 0 Å². The monoisotopic (exact) mass is 302 g/mol. The summed E-state index contributed by atoms with van der Waals surface area (Å²) in [5, 5.41) is 11.9. The summed E-state index contributed by atoms with van der Waals surface area (Å²) in [6, 6.07) is 8.01. The van der Waals surface area contributed by atoms with Crippen LogP contribution in [0.4, 0.5) is 0 Å². The predicted molar refractivity (Wildman–Crippen MR) is 90.5 cm³/mol. The second kappa shape index (κ2) is 7.24. The normalized spacial score (nSPS) is 26.0. The van der Waals surface area contributed by atoms with E-state index in [1.807, 2.05) is 12.1 Å². The maximum atomic E-state index is 9.83. The molecule has 3 heteroatoms. The van der Waals surface area contributed by atoms with Gasteiger partial charge in [-0.05, 0) is 51.0 Å². The van der Waals surface area contributed by atoms with Gasteiger partial charge in [0.15, 0.2) is 0 Å². The van der Waals surface area contributed by atoms with Crippen molar-refractivity contribution in [3.05, 3.63) is 35.0 Å². The molecular formula is C18H26N2S. The fraction of sp³-hybridized carbons (Fsp3) is 0.611. The Morgan fingerprint density at radius 3 is 2.71 bits per heavy atom. The number of nitriles is 1. The fourth-order valence-electron chi connectivity index (χ4n) is 3.52. The van der Waals surface area contributed by atoms with Crippen LogP contribution < -0.4 is 0 Å². The Balaban J connectivity index is 2.13. The second-order valence-corrected chi connectivity index (χ2v) is 7.23. The standard InChI is InChI=1S/C18H26N2S/c1-4-10-18(14-19,17-9-6-13-21-17)11-12-20-15(2)7-5-8-16(20)3/h4,6,9,13,15-16H,1,5,7-8,10-12H2,2-3H3. The van der Waals surface area contributed by atoms with Crippen LogP contribution in [0.2, 0.25) is 0 Å². The summed E-state index contributed by atoms with van der Waals surface area (Å²) in [5.74, 6) is 0. The van der Waals surface area contributed by atoms with Gasteiger partial charge in [-0.1, -0.05) is 18.6 Å². The van der Waals surface area contributed by atoms with Gasteiger partial charge in [-0.15, -0.1) is 17.9 Å². The zero-order chi connectivity index (χ0) is 15.3. The molecule has 3 atom stereocenters. The summed E-state index contributed by atoms with van der Waals surface area (Å²) in [6.45, 7) is 9.51. The van der Waals surface area contributed by atoms with Crippen LogP contribution in [-0.2, 0) is 5.41 Å². The number of nitrogens with zero attached hydrogens (tertiary/aromatic N) is 2. The fourth-order valence-corrected chi connectivity index (χ4v) is 4.43. The molecule has 114 valence electrons. The van der Waals surface area contributed by atoms with Crippen molar-refractivity contribution in [2.45, 2.75) is 63.5 Å². The molecule has 1 fully saturated rings. The van der Waals surface area contributed by atoms with E-state index >= 15 is 0 Å². The summed E-state index contributed by atoms with van der Waals surface area (Å²) in [4.78, 5) is 3.77. The van der Waals surface area contributed by atoms with Gasteiger partial charge in [-0.2, -0.15) is 5.26 Å². The van der Waals surface area contributed by atoms with Gasteiger partial charge < -0.3 is 0 Å². The molecule has 2 nitrogen and oxygen atoms in total. The first-order valence-corrected chi connectivity index (χ1v) is 8.83. The van der Waals surface area contributed by atoms with Crippen molar-refractivity contribution in [2.75, 3.05) is 6.54 Å². The Morgan fingerprint density at radius 1 is 1.48 bits per heavy atom. The number of hydrogen-bond acceptors (Lipinski definition) is 3. The summed E-state index contributed by atoms with van der Waals surface area (Å²) in [6.07, 6.45) is 7.42. The Hall–Kier alpha value is -1.11. The van der Waals surface area contributed by atoms with Gasteiger partial charge in [0.2, 0.25) is 0 Å². The van der Waals surface area contributed by atoms with Crippen LogP contribution in [0.15, 0.2) is 30.2 Å². The molecule has 0 amide bonds. The lowest BCUT2D eigenvalue weighted by atomic mass is 9.80. The highest BCUT2D eigenvalue weighted by Crippen LogP contribution is 2.36. The van der Waals surface area contributed by atoms with Gasteiger partial charge in [0.05, 0.1) is 11.5 Å². The van der Waals surface area contributed by atoms with E-state index in [1.54, 1.807) is 11.3 Å². The van der Waals surface area contributed by atoms with Crippen molar-refractivity contribution < 1.29 is 0 Å². The molecular weight excluding hydrogens is 276 g/mol. The van der Waals surface area contributed by atoms with Crippen molar-refractivity contribution >= 4 is 11.3 Å². The molecule has 1 aliphatic heterocycles. The lowest BCUT2D eigenvalue weighted by molar-refractivity contribution is 0.0964. The van der Waals surface area contributed by atoms with Gasteiger partial charge in [0, 0.05) is 23.5 Å². The summed E-state index contributed by atoms with van der Waals surface area (Å²) in [5.41, 5.74) is -0.396. The van der Waals surface area contributed by atoms with Gasteiger partial charge in [-0.3, -0.25) is 4.90 Å². The maximum absolute atomic E-state index is 9.83. The molecule has 3 unspecified atom stereocenters. The zero-order valence-electron chi connectivity index (χ0n) is 13.2. The van der Waals surface area contributed by atoms with E-state index in [0.29, 0.717) is 12.1 Å². The quantitative estimate of drug-likeness (QED) is 0.710. The van der Waals surface area contributed by atoms with Crippen LogP contribution in [0.5, 0.6) is 0 Å². The minimum Gasteiger partial charge on any atom is -0.298 e. The number of thiophene rings is 1. The minimum atomic E-state index is -0.396. The molecule has 0 aromatic carbocycles. The number of piperidine rings is 1. The molecule has 21 heavy (non-hydrogen) atoms. The molecule has 1 aliphatic rings. The van der Waals surface area contributed by atoms with Crippen molar-refractivity contribution in [3.8, 4) is 6.07 Å². The Kier molecular flexibility index (Phi) is 5.61. The van der Waals surface area contributed by atoms with E-state index < -0.39 is 5.41 Å². The average molecular weight is 302 g/mol. The molecule has 2 rings (SSSR count). The Bertz CT molecular complexity index is 478. The Labute approximate surface area is 133 Å². The van der Waals surface area contributed by atoms with E-state index in [-0.39, 0.29) is 0 Å². The lowest BCUT2D eigenvalue weighted by Crippen LogP contribution is -2.45. The molecule has 0 aliphatic carbocycles. The van der Waals surface area contributed by atoms with Crippen molar-refractivity contribution in [1.82, 2.24) is 4.90 Å². The molecule has 0 N–H and O–H groups in total. The van der Waals surface area contributed by atoms with Gasteiger partial charge in [0.1, 0.15) is 0 Å². The molecule has 2 heterocycles. The van der Waals surface area contributed by atoms with Crippen LogP contribution in [-0.4, -0.2) is 23.5 Å². The van der Waals surface area contributed by atoms with E-state index in [1.165, 1.54) is 24.1 Å². The molecule has 1 aromatic rings. The third kappa shape index (κ3) is 3.56. The Morgan fingerprint density at radius 2 is 2.19 bits per heavy atom. The second-order valence-electron chi connectivity index (χ2n) is 6.28. The van der Waals surface area contributed by atoms with Gasteiger partial charge in [0.25, 0.3) is 0 Å². The molecule has 1 aromatic heterocycles. The van der Waals surface area contributed by atoms with Crippen LogP contribution in [0.1, 0.15) is 50.8 Å². The predicted octanol–water partition coefficient (Wildman–Crippen LogP) is 4.74. The minimum absolute atomic E-state index is 0.396. The molecule has 0 bridgehead atoms. The first kappa shape index (κ1) is 16.3. The van der Waals surface area contributed by atoms with Crippen molar-refractivity contribution in [3.63, 3.8) is 0 Å². The number of rotatable bonds is 6. The maximum Gasteiger partial charge on any atom is 0.0960 e. The third-order valence-corrected chi connectivity index (χ3v) is 5.95. The van der Waals surface area contributed by atoms with E-state index in [0.717, 1.165) is 19.4 Å².